The zero-order valence-corrected chi connectivity index (χ0v) is 9.31. The summed E-state index contributed by atoms with van der Waals surface area (Å²) in [5, 5.41) is 0.431. The number of nitrogens with zero attached hydrogens (tertiary/aromatic N) is 2. The van der Waals surface area contributed by atoms with Gasteiger partial charge in [0.15, 0.2) is 5.13 Å². The number of aromatic nitrogens is 1. The maximum Gasteiger partial charge on any atom is 0.406 e. The fourth-order valence-electron chi connectivity index (χ4n) is 1.46. The second-order valence-electron chi connectivity index (χ2n) is 3.79. The minimum absolute atomic E-state index is 0.00148. The third-order valence-corrected chi connectivity index (χ3v) is 3.38. The van der Waals surface area contributed by atoms with Gasteiger partial charge < -0.3 is 10.6 Å². The Morgan fingerprint density at radius 1 is 1.50 bits per heavy atom. The maximum absolute atomic E-state index is 12.4. The molecule has 0 bridgehead atoms. The molecule has 1 heterocycles. The van der Waals surface area contributed by atoms with Crippen LogP contribution in [0.15, 0.2) is 6.20 Å². The molecule has 0 saturated heterocycles. The Morgan fingerprint density at radius 2 is 2.19 bits per heavy atom. The van der Waals surface area contributed by atoms with E-state index in [1.807, 2.05) is 0 Å². The number of hydrogen-bond donors (Lipinski definition) is 1. The molecule has 90 valence electrons. The van der Waals surface area contributed by atoms with Gasteiger partial charge in [-0.15, -0.1) is 11.3 Å². The number of halogens is 3. The first-order chi connectivity index (χ1) is 7.49. The first-order valence-corrected chi connectivity index (χ1v) is 5.79. The summed E-state index contributed by atoms with van der Waals surface area (Å²) in [6.07, 6.45) is -1.01. The molecule has 0 unspecified atom stereocenters. The number of alkyl halides is 3. The van der Waals surface area contributed by atoms with Gasteiger partial charge in [0.1, 0.15) is 6.54 Å². The summed E-state index contributed by atoms with van der Waals surface area (Å²) in [6.45, 7) is -0.600. The highest BCUT2D eigenvalue weighted by Gasteiger charge is 2.39. The van der Waals surface area contributed by atoms with Crippen LogP contribution in [0.1, 0.15) is 17.7 Å². The lowest BCUT2D eigenvalue weighted by atomic mass is 10.5. The average molecular weight is 251 g/mol. The molecule has 2 N–H and O–H groups in total. The molecule has 7 heteroatoms. The van der Waals surface area contributed by atoms with Crippen molar-refractivity contribution in [2.75, 3.05) is 11.4 Å². The Bertz CT molecular complexity index is 359. The SMILES string of the molecule is NCc1cnc(N(CC(F)(F)F)C2CC2)s1. The van der Waals surface area contributed by atoms with Crippen molar-refractivity contribution in [2.24, 2.45) is 5.73 Å². The molecule has 1 fully saturated rings. The van der Waals surface area contributed by atoms with Gasteiger partial charge in [-0.1, -0.05) is 0 Å². The van der Waals surface area contributed by atoms with E-state index in [4.69, 9.17) is 5.73 Å². The van der Waals surface area contributed by atoms with Crippen molar-refractivity contribution in [1.82, 2.24) is 4.98 Å². The van der Waals surface area contributed by atoms with Gasteiger partial charge in [0, 0.05) is 23.7 Å². The molecule has 16 heavy (non-hydrogen) atoms. The molecule has 0 atom stereocenters. The van der Waals surface area contributed by atoms with Crippen LogP contribution in [0, 0.1) is 0 Å². The Kier molecular flexibility index (Phi) is 3.07. The standard InChI is InChI=1S/C9H12F3N3S/c10-9(11,12)5-15(6-1-2-6)8-14-4-7(3-13)16-8/h4,6H,1-3,5,13H2. The van der Waals surface area contributed by atoms with E-state index in [1.165, 1.54) is 16.2 Å². The summed E-state index contributed by atoms with van der Waals surface area (Å²) in [4.78, 5) is 6.14. The summed E-state index contributed by atoms with van der Waals surface area (Å²) >= 11 is 1.24. The van der Waals surface area contributed by atoms with Crippen molar-refractivity contribution in [3.05, 3.63) is 11.1 Å². The lowest BCUT2D eigenvalue weighted by Crippen LogP contribution is -2.35. The maximum atomic E-state index is 12.4. The second-order valence-corrected chi connectivity index (χ2v) is 4.88. The predicted octanol–water partition coefficient (Wildman–Crippen LogP) is 2.13. The van der Waals surface area contributed by atoms with Gasteiger partial charge >= 0.3 is 6.18 Å². The van der Waals surface area contributed by atoms with E-state index in [2.05, 4.69) is 4.98 Å². The van der Waals surface area contributed by atoms with Crippen molar-refractivity contribution in [3.63, 3.8) is 0 Å². The van der Waals surface area contributed by atoms with Crippen LogP contribution in [0.2, 0.25) is 0 Å². The second kappa shape index (κ2) is 4.21. The topological polar surface area (TPSA) is 42.1 Å². The van der Waals surface area contributed by atoms with Gasteiger partial charge in [0.05, 0.1) is 0 Å². The molecule has 0 radical (unpaired) electrons. The van der Waals surface area contributed by atoms with E-state index in [-0.39, 0.29) is 6.04 Å². The molecule has 0 aliphatic heterocycles. The summed E-state index contributed by atoms with van der Waals surface area (Å²) in [6, 6.07) is -0.00148. The van der Waals surface area contributed by atoms with E-state index in [0.29, 0.717) is 11.7 Å². The van der Waals surface area contributed by atoms with Crippen LogP contribution >= 0.6 is 11.3 Å². The van der Waals surface area contributed by atoms with E-state index >= 15 is 0 Å². The van der Waals surface area contributed by atoms with Crippen LogP contribution in [0.25, 0.3) is 0 Å². The quantitative estimate of drug-likeness (QED) is 0.891. The minimum Gasteiger partial charge on any atom is -0.336 e. The molecule has 0 spiro atoms. The third kappa shape index (κ3) is 2.85. The predicted molar refractivity (Wildman–Crippen MR) is 56.4 cm³/mol. The number of anilines is 1. The fourth-order valence-corrected chi connectivity index (χ4v) is 2.32. The molecule has 1 saturated carbocycles. The van der Waals surface area contributed by atoms with Gasteiger partial charge in [0.25, 0.3) is 0 Å². The van der Waals surface area contributed by atoms with Crippen LogP contribution in [0.3, 0.4) is 0 Å². The number of thiazole rings is 1. The molecule has 1 aliphatic rings. The highest BCUT2D eigenvalue weighted by Crippen LogP contribution is 2.36. The fraction of sp³-hybridized carbons (Fsp3) is 0.667. The summed E-state index contributed by atoms with van der Waals surface area (Å²) in [5.41, 5.74) is 5.41. The Labute approximate surface area is 95.1 Å². The Balaban J connectivity index is 2.12. The van der Waals surface area contributed by atoms with Crippen LogP contribution in [0.4, 0.5) is 18.3 Å². The van der Waals surface area contributed by atoms with Gasteiger partial charge in [-0.05, 0) is 12.8 Å². The smallest absolute Gasteiger partial charge is 0.336 e. The van der Waals surface area contributed by atoms with E-state index in [1.54, 1.807) is 6.20 Å². The molecule has 1 aliphatic carbocycles. The molecule has 0 amide bonds. The van der Waals surface area contributed by atoms with Crippen molar-refractivity contribution in [3.8, 4) is 0 Å². The number of nitrogens with two attached hydrogens (primary N) is 1. The largest absolute Gasteiger partial charge is 0.406 e. The zero-order valence-electron chi connectivity index (χ0n) is 8.50. The van der Waals surface area contributed by atoms with Crippen LogP contribution in [-0.2, 0) is 6.54 Å². The van der Waals surface area contributed by atoms with E-state index in [9.17, 15) is 13.2 Å². The average Bonchev–Trinajstić information content (AvgIpc) is 2.91. The minimum atomic E-state index is -4.18. The summed E-state index contributed by atoms with van der Waals surface area (Å²) < 4.78 is 37.1. The Morgan fingerprint density at radius 3 is 2.62 bits per heavy atom. The Hall–Kier alpha value is -0.820. The van der Waals surface area contributed by atoms with Gasteiger partial charge in [-0.25, -0.2) is 4.98 Å². The highest BCUT2D eigenvalue weighted by atomic mass is 32.1. The van der Waals surface area contributed by atoms with Crippen LogP contribution < -0.4 is 10.6 Å². The molecule has 1 aromatic heterocycles. The molecule has 3 nitrogen and oxygen atoms in total. The van der Waals surface area contributed by atoms with Crippen LogP contribution in [0.5, 0.6) is 0 Å². The number of hydrogen-bond acceptors (Lipinski definition) is 4. The molecule has 2 rings (SSSR count). The highest BCUT2D eigenvalue weighted by molar-refractivity contribution is 7.15. The summed E-state index contributed by atoms with van der Waals surface area (Å²) in [5.74, 6) is 0. The van der Waals surface area contributed by atoms with E-state index in [0.717, 1.165) is 17.7 Å². The lowest BCUT2D eigenvalue weighted by Gasteiger charge is -2.22. The van der Waals surface area contributed by atoms with Gasteiger partial charge in [-0.3, -0.25) is 0 Å². The lowest BCUT2D eigenvalue weighted by molar-refractivity contribution is -0.120. The van der Waals surface area contributed by atoms with Crippen LogP contribution in [-0.4, -0.2) is 23.7 Å². The molecule has 1 aromatic rings. The van der Waals surface area contributed by atoms with Gasteiger partial charge in [0.2, 0.25) is 0 Å². The first-order valence-electron chi connectivity index (χ1n) is 4.98. The van der Waals surface area contributed by atoms with Crippen molar-refractivity contribution in [2.45, 2.75) is 31.6 Å². The van der Waals surface area contributed by atoms with Crippen molar-refractivity contribution < 1.29 is 13.2 Å². The zero-order chi connectivity index (χ0) is 11.8. The molecular weight excluding hydrogens is 239 g/mol. The number of rotatable bonds is 4. The normalized spacial score (nSPS) is 16.5. The van der Waals surface area contributed by atoms with Gasteiger partial charge in [-0.2, -0.15) is 13.2 Å². The van der Waals surface area contributed by atoms with Crippen molar-refractivity contribution >= 4 is 16.5 Å². The summed E-state index contributed by atoms with van der Waals surface area (Å²) in [7, 11) is 0. The monoisotopic (exact) mass is 251 g/mol. The molecular formula is C9H12F3N3S. The third-order valence-electron chi connectivity index (χ3n) is 2.33. The first kappa shape index (κ1) is 11.7. The van der Waals surface area contributed by atoms with E-state index < -0.39 is 12.7 Å². The van der Waals surface area contributed by atoms with Crippen molar-refractivity contribution in [1.29, 1.82) is 0 Å². The molecule has 0 aromatic carbocycles.